The zero-order valence-corrected chi connectivity index (χ0v) is 9.67. The van der Waals surface area contributed by atoms with Crippen LogP contribution in [0.4, 0.5) is 0 Å². The first-order valence-electron chi connectivity index (χ1n) is 4.81. The number of aromatic nitrogens is 1. The molecule has 1 unspecified atom stereocenters. The van der Waals surface area contributed by atoms with Crippen LogP contribution in [0.25, 0.3) is 0 Å². The standard InChI is InChI=1S/C11H17ClN2/c1-8(2)11(3,13)6-9-4-5-14-7-10(9)12/h4-5,7-8H,6,13H2,1-3H3. The van der Waals surface area contributed by atoms with Gasteiger partial charge in [-0.1, -0.05) is 25.4 Å². The summed E-state index contributed by atoms with van der Waals surface area (Å²) in [4.78, 5) is 3.95. The lowest BCUT2D eigenvalue weighted by Gasteiger charge is -2.29. The van der Waals surface area contributed by atoms with Crippen LogP contribution in [0.5, 0.6) is 0 Å². The Morgan fingerprint density at radius 1 is 1.57 bits per heavy atom. The van der Waals surface area contributed by atoms with Gasteiger partial charge in [-0.25, -0.2) is 0 Å². The summed E-state index contributed by atoms with van der Waals surface area (Å²) < 4.78 is 0. The van der Waals surface area contributed by atoms with Gasteiger partial charge in [0.1, 0.15) is 0 Å². The average Bonchev–Trinajstić information content (AvgIpc) is 2.08. The molecule has 1 heterocycles. The van der Waals surface area contributed by atoms with Crippen molar-refractivity contribution in [2.75, 3.05) is 0 Å². The molecule has 0 fully saturated rings. The molecule has 3 heteroatoms. The van der Waals surface area contributed by atoms with Crippen molar-refractivity contribution in [3.05, 3.63) is 29.0 Å². The molecule has 1 atom stereocenters. The Balaban J connectivity index is 2.84. The third-order valence-electron chi connectivity index (χ3n) is 2.75. The van der Waals surface area contributed by atoms with Gasteiger partial charge in [-0.05, 0) is 30.9 Å². The van der Waals surface area contributed by atoms with Gasteiger partial charge in [0.25, 0.3) is 0 Å². The summed E-state index contributed by atoms with van der Waals surface area (Å²) in [5, 5.41) is 0.699. The monoisotopic (exact) mass is 212 g/mol. The van der Waals surface area contributed by atoms with Crippen molar-refractivity contribution in [2.45, 2.75) is 32.7 Å². The molecule has 1 rings (SSSR count). The minimum atomic E-state index is -0.217. The molecule has 78 valence electrons. The van der Waals surface area contributed by atoms with E-state index in [0.29, 0.717) is 10.9 Å². The second-order valence-electron chi connectivity index (χ2n) is 4.30. The van der Waals surface area contributed by atoms with Gasteiger partial charge in [0.15, 0.2) is 0 Å². The lowest BCUT2D eigenvalue weighted by atomic mass is 9.84. The van der Waals surface area contributed by atoms with E-state index in [1.807, 2.05) is 6.07 Å². The fourth-order valence-corrected chi connectivity index (χ4v) is 1.35. The van der Waals surface area contributed by atoms with Crippen LogP contribution in [0.2, 0.25) is 5.02 Å². The Kier molecular flexibility index (Phi) is 3.51. The van der Waals surface area contributed by atoms with Crippen molar-refractivity contribution in [1.29, 1.82) is 0 Å². The molecule has 0 amide bonds. The SMILES string of the molecule is CC(C)C(C)(N)Cc1ccncc1Cl. The van der Waals surface area contributed by atoms with E-state index in [2.05, 4.69) is 25.8 Å². The number of hydrogen-bond donors (Lipinski definition) is 1. The van der Waals surface area contributed by atoms with Gasteiger partial charge in [0.2, 0.25) is 0 Å². The molecule has 0 aliphatic rings. The minimum Gasteiger partial charge on any atom is -0.325 e. The number of halogens is 1. The summed E-state index contributed by atoms with van der Waals surface area (Å²) in [6.45, 7) is 6.29. The van der Waals surface area contributed by atoms with Gasteiger partial charge in [-0.3, -0.25) is 4.98 Å². The third-order valence-corrected chi connectivity index (χ3v) is 3.09. The van der Waals surface area contributed by atoms with Crippen LogP contribution in [0, 0.1) is 5.92 Å². The molecule has 2 N–H and O–H groups in total. The number of rotatable bonds is 3. The maximum atomic E-state index is 6.18. The Bertz CT molecular complexity index is 308. The van der Waals surface area contributed by atoms with E-state index >= 15 is 0 Å². The van der Waals surface area contributed by atoms with E-state index in [0.717, 1.165) is 12.0 Å². The molecule has 0 spiro atoms. The molecule has 14 heavy (non-hydrogen) atoms. The first-order chi connectivity index (χ1) is 6.43. The smallest absolute Gasteiger partial charge is 0.0621 e. The van der Waals surface area contributed by atoms with Crippen molar-refractivity contribution in [3.8, 4) is 0 Å². The van der Waals surface area contributed by atoms with Gasteiger partial charge < -0.3 is 5.73 Å². The second-order valence-corrected chi connectivity index (χ2v) is 4.71. The van der Waals surface area contributed by atoms with Gasteiger partial charge >= 0.3 is 0 Å². The molecule has 0 saturated heterocycles. The Morgan fingerprint density at radius 3 is 2.71 bits per heavy atom. The molecular weight excluding hydrogens is 196 g/mol. The van der Waals surface area contributed by atoms with Gasteiger partial charge in [0.05, 0.1) is 5.02 Å². The molecule has 0 radical (unpaired) electrons. The average molecular weight is 213 g/mol. The van der Waals surface area contributed by atoms with E-state index < -0.39 is 0 Å². The van der Waals surface area contributed by atoms with Crippen LogP contribution in [0.1, 0.15) is 26.3 Å². The predicted molar refractivity (Wildman–Crippen MR) is 60.4 cm³/mol. The fraction of sp³-hybridized carbons (Fsp3) is 0.545. The summed E-state index contributed by atoms with van der Waals surface area (Å²) in [7, 11) is 0. The largest absolute Gasteiger partial charge is 0.325 e. The highest BCUT2D eigenvalue weighted by atomic mass is 35.5. The predicted octanol–water partition coefficient (Wildman–Crippen LogP) is 2.65. The number of pyridine rings is 1. The van der Waals surface area contributed by atoms with Crippen LogP contribution < -0.4 is 5.73 Å². The van der Waals surface area contributed by atoms with E-state index in [1.54, 1.807) is 12.4 Å². The quantitative estimate of drug-likeness (QED) is 0.837. The minimum absolute atomic E-state index is 0.217. The third kappa shape index (κ3) is 2.69. The van der Waals surface area contributed by atoms with E-state index in [-0.39, 0.29) is 5.54 Å². The summed E-state index contributed by atoms with van der Waals surface area (Å²) in [6.07, 6.45) is 4.19. The van der Waals surface area contributed by atoms with Crippen LogP contribution >= 0.6 is 11.6 Å². The van der Waals surface area contributed by atoms with Crippen LogP contribution in [0.3, 0.4) is 0 Å². The van der Waals surface area contributed by atoms with E-state index in [4.69, 9.17) is 17.3 Å². The van der Waals surface area contributed by atoms with Crippen LogP contribution in [0.15, 0.2) is 18.5 Å². The highest BCUT2D eigenvalue weighted by Crippen LogP contribution is 2.23. The van der Waals surface area contributed by atoms with Crippen molar-refractivity contribution in [3.63, 3.8) is 0 Å². The molecule has 0 saturated carbocycles. The van der Waals surface area contributed by atoms with Crippen molar-refractivity contribution >= 4 is 11.6 Å². The van der Waals surface area contributed by atoms with Gasteiger partial charge in [-0.15, -0.1) is 0 Å². The maximum Gasteiger partial charge on any atom is 0.0621 e. The Hall–Kier alpha value is -0.600. The lowest BCUT2D eigenvalue weighted by Crippen LogP contribution is -2.43. The molecular formula is C11H17ClN2. The first-order valence-corrected chi connectivity index (χ1v) is 5.18. The molecule has 0 aliphatic carbocycles. The van der Waals surface area contributed by atoms with Gasteiger partial charge in [0, 0.05) is 17.9 Å². The molecule has 0 aliphatic heterocycles. The number of nitrogens with zero attached hydrogens (tertiary/aromatic N) is 1. The fourth-order valence-electron chi connectivity index (χ4n) is 1.16. The van der Waals surface area contributed by atoms with E-state index in [1.165, 1.54) is 0 Å². The summed E-state index contributed by atoms with van der Waals surface area (Å²) in [6, 6.07) is 1.93. The summed E-state index contributed by atoms with van der Waals surface area (Å²) in [5.41, 5.74) is 7.03. The molecule has 0 aromatic carbocycles. The topological polar surface area (TPSA) is 38.9 Å². The van der Waals surface area contributed by atoms with Crippen molar-refractivity contribution in [1.82, 2.24) is 4.98 Å². The van der Waals surface area contributed by atoms with E-state index in [9.17, 15) is 0 Å². The molecule has 1 aromatic rings. The zero-order valence-electron chi connectivity index (χ0n) is 8.92. The molecule has 2 nitrogen and oxygen atoms in total. The highest BCUT2D eigenvalue weighted by Gasteiger charge is 2.24. The number of hydrogen-bond acceptors (Lipinski definition) is 2. The first kappa shape index (κ1) is 11.5. The van der Waals surface area contributed by atoms with Crippen LogP contribution in [-0.2, 0) is 6.42 Å². The summed E-state index contributed by atoms with van der Waals surface area (Å²) in [5.74, 6) is 0.423. The highest BCUT2D eigenvalue weighted by molar-refractivity contribution is 6.31. The van der Waals surface area contributed by atoms with Crippen molar-refractivity contribution in [2.24, 2.45) is 11.7 Å². The normalized spacial score (nSPS) is 15.6. The Labute approximate surface area is 90.5 Å². The van der Waals surface area contributed by atoms with Gasteiger partial charge in [-0.2, -0.15) is 0 Å². The van der Waals surface area contributed by atoms with Crippen LogP contribution in [-0.4, -0.2) is 10.5 Å². The molecule has 0 bridgehead atoms. The Morgan fingerprint density at radius 2 is 2.21 bits per heavy atom. The second kappa shape index (κ2) is 4.28. The summed E-state index contributed by atoms with van der Waals surface area (Å²) >= 11 is 6.02. The van der Waals surface area contributed by atoms with Crippen molar-refractivity contribution < 1.29 is 0 Å². The lowest BCUT2D eigenvalue weighted by molar-refractivity contribution is 0.338. The zero-order chi connectivity index (χ0) is 10.8. The molecule has 1 aromatic heterocycles. The number of nitrogens with two attached hydrogens (primary N) is 1. The maximum absolute atomic E-state index is 6.18.